The van der Waals surface area contributed by atoms with Gasteiger partial charge in [-0.3, -0.25) is 0 Å². The number of rotatable bonds is 5. The minimum Gasteiger partial charge on any atom is -0.493 e. The maximum absolute atomic E-state index is 10.9. The zero-order chi connectivity index (χ0) is 13.4. The first-order valence-corrected chi connectivity index (χ1v) is 5.15. The van der Waals surface area contributed by atoms with Crippen molar-refractivity contribution in [2.75, 3.05) is 20.8 Å². The first kappa shape index (κ1) is 13.6. The van der Waals surface area contributed by atoms with Gasteiger partial charge in [0.1, 0.15) is 6.07 Å². The third kappa shape index (κ3) is 3.83. The molecule has 94 valence electrons. The van der Waals surface area contributed by atoms with E-state index in [1.54, 1.807) is 24.3 Å². The molecule has 1 rings (SSSR count). The van der Waals surface area contributed by atoms with Gasteiger partial charge in [-0.05, 0) is 23.8 Å². The van der Waals surface area contributed by atoms with Gasteiger partial charge in [0.05, 0.1) is 14.2 Å². The zero-order valence-electron chi connectivity index (χ0n) is 10.2. The standard InChI is InChI=1S/C13H13NO4/c1-16-12-9-10(4-6-13(15)17-2)3-5-11(12)18-8-7-14/h3-6,9H,8H2,1-2H3/b6-4+. The summed E-state index contributed by atoms with van der Waals surface area (Å²) in [5.41, 5.74) is 0.765. The van der Waals surface area contributed by atoms with Crippen molar-refractivity contribution in [3.63, 3.8) is 0 Å². The van der Waals surface area contributed by atoms with Crippen molar-refractivity contribution >= 4 is 12.0 Å². The highest BCUT2D eigenvalue weighted by atomic mass is 16.5. The van der Waals surface area contributed by atoms with Crippen molar-refractivity contribution < 1.29 is 19.0 Å². The molecule has 18 heavy (non-hydrogen) atoms. The monoisotopic (exact) mass is 247 g/mol. The largest absolute Gasteiger partial charge is 0.493 e. The van der Waals surface area contributed by atoms with Crippen LogP contribution in [-0.2, 0) is 9.53 Å². The minimum absolute atomic E-state index is 0.0479. The van der Waals surface area contributed by atoms with E-state index in [1.807, 2.05) is 6.07 Å². The van der Waals surface area contributed by atoms with E-state index in [1.165, 1.54) is 20.3 Å². The number of carbonyl (C=O) groups is 1. The molecule has 1 aromatic carbocycles. The summed E-state index contributed by atoms with van der Waals surface area (Å²) in [5.74, 6) is 0.547. The molecule has 0 atom stereocenters. The van der Waals surface area contributed by atoms with Crippen molar-refractivity contribution in [3.05, 3.63) is 29.8 Å². The number of carbonyl (C=O) groups excluding carboxylic acids is 1. The molecule has 0 amide bonds. The highest BCUT2D eigenvalue weighted by molar-refractivity contribution is 5.87. The van der Waals surface area contributed by atoms with Crippen LogP contribution in [0.15, 0.2) is 24.3 Å². The van der Waals surface area contributed by atoms with Crippen LogP contribution in [0.2, 0.25) is 0 Å². The van der Waals surface area contributed by atoms with Crippen LogP contribution in [0.3, 0.4) is 0 Å². The number of nitrogens with zero attached hydrogens (tertiary/aromatic N) is 1. The molecule has 0 aromatic heterocycles. The van der Waals surface area contributed by atoms with Crippen molar-refractivity contribution in [1.29, 1.82) is 5.26 Å². The number of ether oxygens (including phenoxy) is 3. The third-order valence-corrected chi connectivity index (χ3v) is 2.09. The van der Waals surface area contributed by atoms with Gasteiger partial charge in [0.15, 0.2) is 18.1 Å². The average molecular weight is 247 g/mol. The molecule has 0 heterocycles. The van der Waals surface area contributed by atoms with Gasteiger partial charge < -0.3 is 14.2 Å². The quantitative estimate of drug-likeness (QED) is 0.586. The van der Waals surface area contributed by atoms with Crippen molar-refractivity contribution in [2.24, 2.45) is 0 Å². The Morgan fingerprint density at radius 1 is 1.39 bits per heavy atom. The lowest BCUT2D eigenvalue weighted by atomic mass is 10.2. The van der Waals surface area contributed by atoms with Crippen LogP contribution >= 0.6 is 0 Å². The van der Waals surface area contributed by atoms with Gasteiger partial charge in [0.25, 0.3) is 0 Å². The van der Waals surface area contributed by atoms with Gasteiger partial charge in [0, 0.05) is 6.08 Å². The van der Waals surface area contributed by atoms with Gasteiger partial charge in [-0.15, -0.1) is 0 Å². The van der Waals surface area contributed by atoms with E-state index in [0.29, 0.717) is 11.5 Å². The fraction of sp³-hybridized carbons (Fsp3) is 0.231. The Kier molecular flexibility index (Phi) is 5.26. The van der Waals surface area contributed by atoms with Crippen LogP contribution in [0.25, 0.3) is 6.08 Å². The topological polar surface area (TPSA) is 68.5 Å². The summed E-state index contributed by atoms with van der Waals surface area (Å²) in [6.45, 7) is -0.0479. The molecule has 0 unspecified atom stereocenters. The normalized spacial score (nSPS) is 9.83. The third-order valence-electron chi connectivity index (χ3n) is 2.09. The lowest BCUT2D eigenvalue weighted by Gasteiger charge is -2.08. The van der Waals surface area contributed by atoms with Crippen LogP contribution in [0.4, 0.5) is 0 Å². The summed E-state index contributed by atoms with van der Waals surface area (Å²) in [6.07, 6.45) is 2.91. The number of nitriles is 1. The lowest BCUT2D eigenvalue weighted by molar-refractivity contribution is -0.134. The zero-order valence-corrected chi connectivity index (χ0v) is 10.2. The van der Waals surface area contributed by atoms with E-state index in [4.69, 9.17) is 14.7 Å². The fourth-order valence-corrected chi connectivity index (χ4v) is 1.25. The van der Waals surface area contributed by atoms with Crippen LogP contribution in [-0.4, -0.2) is 26.8 Å². The Morgan fingerprint density at radius 2 is 2.17 bits per heavy atom. The van der Waals surface area contributed by atoms with E-state index >= 15 is 0 Å². The second-order valence-corrected chi connectivity index (χ2v) is 3.21. The summed E-state index contributed by atoms with van der Waals surface area (Å²) in [5, 5.41) is 8.44. The van der Waals surface area contributed by atoms with E-state index in [0.717, 1.165) is 5.56 Å². The Hall–Kier alpha value is -2.48. The molecular formula is C13H13NO4. The van der Waals surface area contributed by atoms with Crippen LogP contribution in [0, 0.1) is 11.3 Å². The van der Waals surface area contributed by atoms with E-state index in [2.05, 4.69) is 4.74 Å². The number of esters is 1. The first-order valence-electron chi connectivity index (χ1n) is 5.15. The molecule has 0 spiro atoms. The van der Waals surface area contributed by atoms with Crippen molar-refractivity contribution in [1.82, 2.24) is 0 Å². The highest BCUT2D eigenvalue weighted by Crippen LogP contribution is 2.28. The summed E-state index contributed by atoms with van der Waals surface area (Å²) in [6, 6.07) is 7.00. The summed E-state index contributed by atoms with van der Waals surface area (Å²) in [7, 11) is 2.81. The lowest BCUT2D eigenvalue weighted by Crippen LogP contribution is -1.97. The van der Waals surface area contributed by atoms with E-state index in [-0.39, 0.29) is 6.61 Å². The molecular weight excluding hydrogens is 234 g/mol. The van der Waals surface area contributed by atoms with Gasteiger partial charge in [0.2, 0.25) is 0 Å². The molecule has 0 N–H and O–H groups in total. The van der Waals surface area contributed by atoms with Gasteiger partial charge in [-0.25, -0.2) is 4.79 Å². The summed E-state index contributed by atoms with van der Waals surface area (Å²) < 4.78 is 14.8. The highest BCUT2D eigenvalue weighted by Gasteiger charge is 2.04. The Bertz CT molecular complexity index is 488. The molecule has 0 saturated carbocycles. The van der Waals surface area contributed by atoms with Gasteiger partial charge in [-0.2, -0.15) is 5.26 Å². The Balaban J connectivity index is 2.88. The van der Waals surface area contributed by atoms with Crippen LogP contribution < -0.4 is 9.47 Å². The SMILES string of the molecule is COC(=O)/C=C/c1ccc(OCC#N)c(OC)c1. The maximum Gasteiger partial charge on any atom is 0.330 e. The average Bonchev–Trinajstić information content (AvgIpc) is 2.42. The predicted octanol–water partition coefficient (Wildman–Crippen LogP) is 1.78. The second-order valence-electron chi connectivity index (χ2n) is 3.21. The van der Waals surface area contributed by atoms with Crippen LogP contribution in [0.5, 0.6) is 11.5 Å². The molecule has 0 aliphatic heterocycles. The second kappa shape index (κ2) is 6.97. The number of hydrogen-bond acceptors (Lipinski definition) is 5. The van der Waals surface area contributed by atoms with Crippen molar-refractivity contribution in [2.45, 2.75) is 0 Å². The minimum atomic E-state index is -0.432. The van der Waals surface area contributed by atoms with Crippen molar-refractivity contribution in [3.8, 4) is 17.6 Å². The first-order chi connectivity index (χ1) is 8.71. The Morgan fingerprint density at radius 3 is 2.78 bits per heavy atom. The molecule has 0 aliphatic rings. The smallest absolute Gasteiger partial charge is 0.330 e. The number of benzene rings is 1. The number of methoxy groups -OCH3 is 2. The molecule has 0 aliphatic carbocycles. The van der Waals surface area contributed by atoms with E-state index in [9.17, 15) is 4.79 Å². The van der Waals surface area contributed by atoms with Gasteiger partial charge in [-0.1, -0.05) is 6.07 Å². The molecule has 0 saturated heterocycles. The maximum atomic E-state index is 10.9. The molecule has 0 radical (unpaired) electrons. The molecule has 5 nitrogen and oxygen atoms in total. The molecule has 0 bridgehead atoms. The van der Waals surface area contributed by atoms with Gasteiger partial charge >= 0.3 is 5.97 Å². The van der Waals surface area contributed by atoms with E-state index < -0.39 is 5.97 Å². The molecule has 0 fully saturated rings. The summed E-state index contributed by atoms with van der Waals surface area (Å²) >= 11 is 0. The fourth-order valence-electron chi connectivity index (χ4n) is 1.25. The molecule has 5 heteroatoms. The van der Waals surface area contributed by atoms with Crippen LogP contribution in [0.1, 0.15) is 5.56 Å². The predicted molar refractivity (Wildman–Crippen MR) is 65.2 cm³/mol. The summed E-state index contributed by atoms with van der Waals surface area (Å²) in [4.78, 5) is 10.9. The Labute approximate surface area is 105 Å². The molecule has 1 aromatic rings. The number of hydrogen-bond donors (Lipinski definition) is 0.